The lowest BCUT2D eigenvalue weighted by atomic mass is 9.87. The third-order valence-corrected chi connectivity index (χ3v) is 4.52. The number of methoxy groups -OCH3 is 1. The van der Waals surface area contributed by atoms with Crippen molar-refractivity contribution in [1.82, 2.24) is 0 Å². The van der Waals surface area contributed by atoms with Crippen LogP contribution in [0.15, 0.2) is 30.4 Å². The molecule has 2 nitrogen and oxygen atoms in total. The van der Waals surface area contributed by atoms with Gasteiger partial charge in [-0.2, -0.15) is 0 Å². The number of fused-ring (bicyclic) bond motifs is 2. The first kappa shape index (κ1) is 12.5. The Hall–Kier alpha value is -1.51. The molecule has 1 fully saturated rings. The molecule has 2 aliphatic rings. The molecule has 2 aliphatic carbocycles. The highest BCUT2D eigenvalue weighted by Crippen LogP contribution is 2.45. The monoisotopic (exact) mass is 261 g/mol. The molecule has 102 valence electrons. The summed E-state index contributed by atoms with van der Waals surface area (Å²) in [6.45, 7) is 2.21. The van der Waals surface area contributed by atoms with Crippen molar-refractivity contribution in [1.29, 1.82) is 0 Å². The first-order chi connectivity index (χ1) is 9.17. The van der Waals surface area contributed by atoms with Crippen molar-refractivity contribution in [2.24, 2.45) is 17.8 Å². The number of nitrogens with one attached hydrogen (secondary N) is 1. The minimum absolute atomic E-state index is 0.266. The molecule has 1 aromatic carbocycles. The summed E-state index contributed by atoms with van der Waals surface area (Å²) in [7, 11) is 1.57. The number of hydrogen-bond acceptors (Lipinski definition) is 2. The average Bonchev–Trinajstić information content (AvgIpc) is 3.03. The predicted octanol–water partition coefficient (Wildman–Crippen LogP) is 3.85. The Labute approximate surface area is 113 Å². The van der Waals surface area contributed by atoms with Crippen molar-refractivity contribution in [2.45, 2.75) is 25.8 Å². The molecule has 4 unspecified atom stereocenters. The standard InChI is InChI=1S/C16H20FNO/c1-10(14-8-11-3-4-12(14)7-11)18-15-6-5-13(17)9-16(15)19-2/h3-6,9-12,14,18H,7-8H2,1-2H3. The van der Waals surface area contributed by atoms with Crippen molar-refractivity contribution < 1.29 is 9.13 Å². The summed E-state index contributed by atoms with van der Waals surface area (Å²) in [5, 5.41) is 3.49. The SMILES string of the molecule is COc1cc(F)ccc1NC(C)C1CC2C=CC1C2. The van der Waals surface area contributed by atoms with Crippen molar-refractivity contribution in [2.75, 3.05) is 12.4 Å². The van der Waals surface area contributed by atoms with E-state index in [-0.39, 0.29) is 5.82 Å². The van der Waals surface area contributed by atoms with Gasteiger partial charge in [0.15, 0.2) is 0 Å². The van der Waals surface area contributed by atoms with Crippen LogP contribution in [-0.2, 0) is 0 Å². The Morgan fingerprint density at radius 3 is 2.79 bits per heavy atom. The van der Waals surface area contributed by atoms with Gasteiger partial charge in [-0.1, -0.05) is 12.2 Å². The largest absolute Gasteiger partial charge is 0.494 e. The first-order valence-electron chi connectivity index (χ1n) is 6.96. The van der Waals surface area contributed by atoms with Gasteiger partial charge in [0, 0.05) is 12.1 Å². The normalized spacial score (nSPS) is 29.5. The van der Waals surface area contributed by atoms with Gasteiger partial charge in [0.25, 0.3) is 0 Å². The highest BCUT2D eigenvalue weighted by Gasteiger charge is 2.38. The molecule has 1 saturated carbocycles. The molecule has 0 radical (unpaired) electrons. The molecule has 2 bridgehead atoms. The van der Waals surface area contributed by atoms with E-state index in [9.17, 15) is 4.39 Å². The van der Waals surface area contributed by atoms with Crippen LogP contribution in [0, 0.1) is 23.6 Å². The summed E-state index contributed by atoms with van der Waals surface area (Å²) in [5.74, 6) is 2.46. The van der Waals surface area contributed by atoms with Crippen LogP contribution >= 0.6 is 0 Å². The zero-order valence-corrected chi connectivity index (χ0v) is 11.4. The van der Waals surface area contributed by atoms with Crippen LogP contribution in [0.1, 0.15) is 19.8 Å². The maximum atomic E-state index is 13.2. The molecule has 19 heavy (non-hydrogen) atoms. The lowest BCUT2D eigenvalue weighted by molar-refractivity contribution is 0.392. The summed E-state index contributed by atoms with van der Waals surface area (Å²) in [5.41, 5.74) is 0.878. The van der Waals surface area contributed by atoms with Crippen LogP contribution in [0.5, 0.6) is 5.75 Å². The van der Waals surface area contributed by atoms with Crippen LogP contribution in [0.3, 0.4) is 0 Å². The van der Waals surface area contributed by atoms with Crippen molar-refractivity contribution in [3.05, 3.63) is 36.2 Å². The summed E-state index contributed by atoms with van der Waals surface area (Å²) in [6.07, 6.45) is 7.28. The van der Waals surface area contributed by atoms with Crippen molar-refractivity contribution in [3.63, 3.8) is 0 Å². The van der Waals surface area contributed by atoms with E-state index in [1.807, 2.05) is 0 Å². The molecule has 0 heterocycles. The molecule has 3 heteroatoms. The second-order valence-corrected chi connectivity index (χ2v) is 5.72. The Kier molecular flexibility index (Phi) is 3.21. The predicted molar refractivity (Wildman–Crippen MR) is 74.9 cm³/mol. The van der Waals surface area contributed by atoms with Gasteiger partial charge in [-0.15, -0.1) is 0 Å². The summed E-state index contributed by atoms with van der Waals surface area (Å²) in [6, 6.07) is 5.03. The minimum Gasteiger partial charge on any atom is -0.494 e. The first-order valence-corrected chi connectivity index (χ1v) is 6.96. The van der Waals surface area contributed by atoms with Crippen molar-refractivity contribution in [3.8, 4) is 5.75 Å². The fourth-order valence-corrected chi connectivity index (χ4v) is 3.53. The molecule has 0 amide bonds. The minimum atomic E-state index is -0.266. The molecule has 3 rings (SSSR count). The second kappa shape index (κ2) is 4.87. The number of ether oxygens (including phenoxy) is 1. The molecule has 1 N–H and O–H groups in total. The maximum Gasteiger partial charge on any atom is 0.144 e. The van der Waals surface area contributed by atoms with E-state index in [1.165, 1.54) is 25.0 Å². The summed E-state index contributed by atoms with van der Waals surface area (Å²) < 4.78 is 18.4. The quantitative estimate of drug-likeness (QED) is 0.831. The number of hydrogen-bond donors (Lipinski definition) is 1. The smallest absolute Gasteiger partial charge is 0.144 e. The van der Waals surface area contributed by atoms with Gasteiger partial charge in [-0.05, 0) is 49.7 Å². The topological polar surface area (TPSA) is 21.3 Å². The molecular weight excluding hydrogens is 241 g/mol. The molecule has 0 spiro atoms. The van der Waals surface area contributed by atoms with Crippen LogP contribution in [0.2, 0.25) is 0 Å². The van der Waals surface area contributed by atoms with Gasteiger partial charge in [0.2, 0.25) is 0 Å². The van der Waals surface area contributed by atoms with Crippen molar-refractivity contribution >= 4 is 5.69 Å². The third-order valence-electron chi connectivity index (χ3n) is 4.52. The van der Waals surface area contributed by atoms with Gasteiger partial charge in [0.05, 0.1) is 12.8 Å². The number of halogens is 1. The third kappa shape index (κ3) is 2.34. The Bertz CT molecular complexity index is 500. The zero-order chi connectivity index (χ0) is 13.4. The second-order valence-electron chi connectivity index (χ2n) is 5.72. The Morgan fingerprint density at radius 1 is 1.32 bits per heavy atom. The Morgan fingerprint density at radius 2 is 2.16 bits per heavy atom. The highest BCUT2D eigenvalue weighted by molar-refractivity contribution is 5.57. The number of rotatable bonds is 4. The lowest BCUT2D eigenvalue weighted by Gasteiger charge is -2.27. The zero-order valence-electron chi connectivity index (χ0n) is 11.4. The van der Waals surface area contributed by atoms with E-state index in [0.29, 0.717) is 23.6 Å². The van der Waals surface area contributed by atoms with Gasteiger partial charge in [0.1, 0.15) is 11.6 Å². The van der Waals surface area contributed by atoms with E-state index in [4.69, 9.17) is 4.74 Å². The van der Waals surface area contributed by atoms with Gasteiger partial charge in [-0.3, -0.25) is 0 Å². The summed E-state index contributed by atoms with van der Waals surface area (Å²) in [4.78, 5) is 0. The lowest BCUT2D eigenvalue weighted by Crippen LogP contribution is -2.29. The molecule has 0 saturated heterocycles. The van der Waals surface area contributed by atoms with Gasteiger partial charge < -0.3 is 10.1 Å². The fraction of sp³-hybridized carbons (Fsp3) is 0.500. The molecule has 0 aromatic heterocycles. The number of allylic oxidation sites excluding steroid dienone is 2. The van der Waals surface area contributed by atoms with Crippen LogP contribution < -0.4 is 10.1 Å². The molecule has 0 aliphatic heterocycles. The fourth-order valence-electron chi connectivity index (χ4n) is 3.53. The van der Waals surface area contributed by atoms with Gasteiger partial charge >= 0.3 is 0 Å². The highest BCUT2D eigenvalue weighted by atomic mass is 19.1. The molecule has 1 aromatic rings. The number of benzene rings is 1. The molecular formula is C16H20FNO. The summed E-state index contributed by atoms with van der Waals surface area (Å²) >= 11 is 0. The van der Waals surface area contributed by atoms with E-state index < -0.39 is 0 Å². The maximum absolute atomic E-state index is 13.2. The van der Waals surface area contributed by atoms with E-state index in [2.05, 4.69) is 24.4 Å². The average molecular weight is 261 g/mol. The van der Waals surface area contributed by atoms with E-state index >= 15 is 0 Å². The molecule has 4 atom stereocenters. The van der Waals surface area contributed by atoms with E-state index in [0.717, 1.165) is 11.6 Å². The van der Waals surface area contributed by atoms with E-state index in [1.54, 1.807) is 13.2 Å². The Balaban J connectivity index is 1.73. The number of anilines is 1. The van der Waals surface area contributed by atoms with Gasteiger partial charge in [-0.25, -0.2) is 4.39 Å². The van der Waals surface area contributed by atoms with Crippen LogP contribution in [-0.4, -0.2) is 13.2 Å². The van der Waals surface area contributed by atoms with Crippen LogP contribution in [0.25, 0.3) is 0 Å². The van der Waals surface area contributed by atoms with Crippen LogP contribution in [0.4, 0.5) is 10.1 Å².